The topological polar surface area (TPSA) is 65.1 Å². The second-order valence-electron chi connectivity index (χ2n) is 6.29. The fourth-order valence-corrected chi connectivity index (χ4v) is 3.88. The number of rotatable bonds is 4. The van der Waals surface area contributed by atoms with Gasteiger partial charge in [-0.1, -0.05) is 36.4 Å². The molecule has 0 amide bonds. The summed E-state index contributed by atoms with van der Waals surface area (Å²) < 4.78 is 3.29. The van der Waals surface area contributed by atoms with Gasteiger partial charge in [0.25, 0.3) is 5.56 Å². The van der Waals surface area contributed by atoms with Gasteiger partial charge in [0.05, 0.1) is 29.5 Å². The van der Waals surface area contributed by atoms with E-state index in [0.29, 0.717) is 12.2 Å². The predicted octanol–water partition coefficient (Wildman–Crippen LogP) is 3.73. The van der Waals surface area contributed by atoms with Crippen molar-refractivity contribution in [3.63, 3.8) is 0 Å². The molecular formula is C21H15N5OS. The van der Waals surface area contributed by atoms with E-state index in [0.717, 1.165) is 27.2 Å². The maximum Gasteiger partial charge on any atom is 0.267 e. The fourth-order valence-electron chi connectivity index (χ4n) is 3.20. The monoisotopic (exact) mass is 385 g/mol. The van der Waals surface area contributed by atoms with Gasteiger partial charge in [0.2, 0.25) is 0 Å². The van der Waals surface area contributed by atoms with Crippen LogP contribution in [0.2, 0.25) is 0 Å². The third-order valence-electron chi connectivity index (χ3n) is 4.49. The zero-order chi connectivity index (χ0) is 18.9. The number of aromatic nitrogens is 5. The average Bonchev–Trinajstić information content (AvgIpc) is 3.38. The number of hydrogen-bond donors (Lipinski definition) is 0. The van der Waals surface area contributed by atoms with Crippen LogP contribution in [-0.4, -0.2) is 24.4 Å². The Balaban J connectivity index is 1.72. The van der Waals surface area contributed by atoms with Crippen LogP contribution in [-0.2, 0) is 6.54 Å². The Labute approximate surface area is 164 Å². The van der Waals surface area contributed by atoms with E-state index in [1.165, 1.54) is 4.68 Å². The van der Waals surface area contributed by atoms with Crippen LogP contribution in [0.1, 0.15) is 4.88 Å². The number of benzene rings is 1. The van der Waals surface area contributed by atoms with Gasteiger partial charge in [0, 0.05) is 28.9 Å². The first-order valence-corrected chi connectivity index (χ1v) is 9.66. The molecule has 0 N–H and O–H groups in total. The first kappa shape index (κ1) is 16.6. The van der Waals surface area contributed by atoms with Gasteiger partial charge < -0.3 is 0 Å². The largest absolute Gasteiger partial charge is 0.268 e. The second-order valence-corrected chi connectivity index (χ2v) is 7.32. The van der Waals surface area contributed by atoms with Crippen LogP contribution in [0.5, 0.6) is 0 Å². The van der Waals surface area contributed by atoms with Crippen LogP contribution in [0.4, 0.5) is 0 Å². The summed E-state index contributed by atoms with van der Waals surface area (Å²) in [6.45, 7) is 0.447. The van der Waals surface area contributed by atoms with Crippen molar-refractivity contribution in [2.75, 3.05) is 0 Å². The first-order chi connectivity index (χ1) is 13.8. The van der Waals surface area contributed by atoms with Crippen LogP contribution in [0.15, 0.2) is 83.4 Å². The molecule has 0 aliphatic carbocycles. The molecule has 4 heterocycles. The van der Waals surface area contributed by atoms with Gasteiger partial charge in [-0.05, 0) is 17.5 Å². The predicted molar refractivity (Wildman–Crippen MR) is 109 cm³/mol. The number of hydrogen-bond acceptors (Lipinski definition) is 5. The van der Waals surface area contributed by atoms with Crippen molar-refractivity contribution in [2.24, 2.45) is 0 Å². The highest BCUT2D eigenvalue weighted by atomic mass is 32.1. The molecule has 6 nitrogen and oxygen atoms in total. The maximum absolute atomic E-state index is 12.4. The van der Waals surface area contributed by atoms with Crippen molar-refractivity contribution >= 4 is 16.9 Å². The second kappa shape index (κ2) is 6.86. The Kier molecular flexibility index (Phi) is 4.06. The molecule has 5 rings (SSSR count). The van der Waals surface area contributed by atoms with E-state index in [4.69, 9.17) is 5.10 Å². The van der Waals surface area contributed by atoms with Crippen LogP contribution < -0.4 is 5.56 Å². The fraction of sp³-hybridized carbons (Fsp3) is 0.0476. The summed E-state index contributed by atoms with van der Waals surface area (Å²) in [5, 5.41) is 11.4. The van der Waals surface area contributed by atoms with E-state index in [1.54, 1.807) is 40.4 Å². The molecule has 0 spiro atoms. The quantitative estimate of drug-likeness (QED) is 0.473. The van der Waals surface area contributed by atoms with Crippen LogP contribution in [0.25, 0.3) is 28.0 Å². The average molecular weight is 385 g/mol. The maximum atomic E-state index is 12.4. The molecule has 0 saturated heterocycles. The van der Waals surface area contributed by atoms with E-state index < -0.39 is 0 Å². The summed E-state index contributed by atoms with van der Waals surface area (Å²) >= 11 is 1.61. The minimum absolute atomic E-state index is 0.131. The van der Waals surface area contributed by atoms with E-state index in [9.17, 15) is 4.79 Å². The third kappa shape index (κ3) is 2.91. The van der Waals surface area contributed by atoms with Gasteiger partial charge in [0.1, 0.15) is 5.69 Å². The number of nitrogens with zero attached hydrogens (tertiary/aromatic N) is 5. The molecule has 0 aliphatic heterocycles. The molecule has 5 aromatic rings. The molecule has 1 aromatic carbocycles. The lowest BCUT2D eigenvalue weighted by atomic mass is 10.0. The highest BCUT2D eigenvalue weighted by molar-refractivity contribution is 7.09. The molecule has 0 fully saturated rings. The highest BCUT2D eigenvalue weighted by Crippen LogP contribution is 2.33. The Morgan fingerprint density at radius 3 is 2.68 bits per heavy atom. The molecule has 0 aliphatic rings. The van der Waals surface area contributed by atoms with Crippen molar-refractivity contribution < 1.29 is 0 Å². The van der Waals surface area contributed by atoms with Gasteiger partial charge in [-0.3, -0.25) is 9.78 Å². The zero-order valence-electron chi connectivity index (χ0n) is 14.8. The summed E-state index contributed by atoms with van der Waals surface area (Å²) in [5.74, 6) is 0. The summed E-state index contributed by atoms with van der Waals surface area (Å²) in [5.41, 5.74) is 4.06. The smallest absolute Gasteiger partial charge is 0.267 e. The van der Waals surface area contributed by atoms with E-state index >= 15 is 0 Å². The van der Waals surface area contributed by atoms with Crippen molar-refractivity contribution in [2.45, 2.75) is 6.54 Å². The zero-order valence-corrected chi connectivity index (χ0v) is 15.6. The lowest BCUT2D eigenvalue weighted by Gasteiger charge is -2.07. The van der Waals surface area contributed by atoms with E-state index in [-0.39, 0.29) is 5.56 Å². The van der Waals surface area contributed by atoms with Crippen molar-refractivity contribution in [1.82, 2.24) is 24.4 Å². The number of thiophene rings is 1. The summed E-state index contributed by atoms with van der Waals surface area (Å²) in [6.07, 6.45) is 5.28. The molecule has 4 aromatic heterocycles. The Bertz CT molecular complexity index is 1310. The van der Waals surface area contributed by atoms with Gasteiger partial charge >= 0.3 is 0 Å². The molecule has 136 valence electrons. The van der Waals surface area contributed by atoms with Gasteiger partial charge in [-0.2, -0.15) is 10.2 Å². The lowest BCUT2D eigenvalue weighted by molar-refractivity contribution is 0.649. The molecule has 0 saturated carbocycles. The molecule has 28 heavy (non-hydrogen) atoms. The summed E-state index contributed by atoms with van der Waals surface area (Å²) in [7, 11) is 0. The molecule has 0 bridgehead atoms. The summed E-state index contributed by atoms with van der Waals surface area (Å²) in [6, 6.07) is 17.2. The number of fused-ring (bicyclic) bond motifs is 1. The van der Waals surface area contributed by atoms with E-state index in [2.05, 4.69) is 10.1 Å². The molecule has 0 atom stereocenters. The molecule has 0 unspecified atom stereocenters. The Morgan fingerprint density at radius 2 is 1.86 bits per heavy atom. The highest BCUT2D eigenvalue weighted by Gasteiger charge is 2.18. The first-order valence-electron chi connectivity index (χ1n) is 8.78. The minimum Gasteiger partial charge on any atom is -0.268 e. The molecule has 0 radical (unpaired) electrons. The van der Waals surface area contributed by atoms with Crippen LogP contribution >= 0.6 is 11.3 Å². The van der Waals surface area contributed by atoms with Crippen molar-refractivity contribution in [3.05, 3.63) is 93.8 Å². The normalized spacial score (nSPS) is 11.1. The Morgan fingerprint density at radius 1 is 0.964 bits per heavy atom. The molecule has 7 heteroatoms. The SMILES string of the molecule is O=c1ccc(-c2c(-c3ccccc3)nn3ccncc23)nn1Cc1cccs1. The van der Waals surface area contributed by atoms with Crippen LogP contribution in [0.3, 0.4) is 0 Å². The molecular weight excluding hydrogens is 370 g/mol. The van der Waals surface area contributed by atoms with Gasteiger partial charge in [-0.15, -0.1) is 11.3 Å². The van der Waals surface area contributed by atoms with E-state index in [1.807, 2.05) is 54.0 Å². The van der Waals surface area contributed by atoms with Crippen LogP contribution in [0, 0.1) is 0 Å². The minimum atomic E-state index is -0.131. The van der Waals surface area contributed by atoms with Crippen molar-refractivity contribution in [1.29, 1.82) is 0 Å². The van der Waals surface area contributed by atoms with Gasteiger partial charge in [0.15, 0.2) is 0 Å². The van der Waals surface area contributed by atoms with Gasteiger partial charge in [-0.25, -0.2) is 9.20 Å². The standard InChI is InChI=1S/C21H15N5OS/c27-19-9-8-17(23-26(19)14-16-7-4-12-28-16)20-18-13-22-10-11-25(18)24-21(20)15-5-2-1-3-6-15/h1-13H,14H2. The Hall–Kier alpha value is -3.58. The van der Waals surface area contributed by atoms with Crippen molar-refractivity contribution in [3.8, 4) is 22.5 Å². The summed E-state index contributed by atoms with van der Waals surface area (Å²) in [4.78, 5) is 17.7. The lowest BCUT2D eigenvalue weighted by Crippen LogP contribution is -2.22. The third-order valence-corrected chi connectivity index (χ3v) is 5.36.